The van der Waals surface area contributed by atoms with Crippen molar-refractivity contribution in [3.63, 3.8) is 0 Å². The number of benzene rings is 1. The largest absolute Gasteiger partial charge is 0.332 e. The third-order valence-corrected chi connectivity index (χ3v) is 5.46. The Hall–Kier alpha value is -3.18. The summed E-state index contributed by atoms with van der Waals surface area (Å²) < 4.78 is 4.72. The highest BCUT2D eigenvalue weighted by atomic mass is 79.9. The van der Waals surface area contributed by atoms with Crippen LogP contribution in [0.25, 0.3) is 21.9 Å². The van der Waals surface area contributed by atoms with Crippen LogP contribution in [-0.2, 0) is 20.1 Å². The van der Waals surface area contributed by atoms with Gasteiger partial charge in [-0.1, -0.05) is 30.2 Å². The number of aromatic nitrogens is 5. The van der Waals surface area contributed by atoms with Crippen LogP contribution in [0, 0.1) is 18.8 Å². The lowest BCUT2D eigenvalue weighted by molar-refractivity contribution is 0.646. The summed E-state index contributed by atoms with van der Waals surface area (Å²) in [6.07, 6.45) is 0. The molecule has 0 bridgehead atoms. The van der Waals surface area contributed by atoms with Crippen LogP contribution in [0.15, 0.2) is 44.7 Å². The molecule has 4 aromatic rings. The van der Waals surface area contributed by atoms with Gasteiger partial charge in [0.25, 0.3) is 5.56 Å². The molecule has 0 atom stereocenters. The van der Waals surface area contributed by atoms with Crippen LogP contribution in [0.4, 0.5) is 0 Å². The van der Waals surface area contributed by atoms with Crippen molar-refractivity contribution < 1.29 is 0 Å². The Kier molecular flexibility index (Phi) is 4.84. The van der Waals surface area contributed by atoms with Gasteiger partial charge < -0.3 is 4.57 Å². The molecule has 0 saturated heterocycles. The van der Waals surface area contributed by atoms with E-state index in [1.54, 1.807) is 18.5 Å². The van der Waals surface area contributed by atoms with Crippen LogP contribution in [0.2, 0.25) is 0 Å². The number of imidazole rings is 1. The lowest BCUT2D eigenvalue weighted by Crippen LogP contribution is -2.40. The number of aryl methyl sites for hydroxylation is 2. The zero-order valence-corrected chi connectivity index (χ0v) is 17.8. The van der Waals surface area contributed by atoms with E-state index in [2.05, 4.69) is 37.7 Å². The Bertz CT molecular complexity index is 1450. The predicted molar refractivity (Wildman–Crippen MR) is 116 cm³/mol. The second-order valence-electron chi connectivity index (χ2n) is 6.73. The molecule has 0 unspecified atom stereocenters. The van der Waals surface area contributed by atoms with Gasteiger partial charge in [0.1, 0.15) is 0 Å². The molecule has 0 aliphatic heterocycles. The molecule has 0 N–H and O–H groups in total. The second-order valence-corrected chi connectivity index (χ2v) is 7.44. The Morgan fingerprint density at radius 1 is 1.14 bits per heavy atom. The van der Waals surface area contributed by atoms with Crippen LogP contribution in [0.1, 0.15) is 18.3 Å². The molecule has 0 aliphatic carbocycles. The summed E-state index contributed by atoms with van der Waals surface area (Å²) in [6, 6.07) is 9.80. The molecule has 3 aromatic heterocycles. The molecule has 3 heterocycles. The molecule has 0 amide bonds. The number of hydrogen-bond donors (Lipinski definition) is 0. The van der Waals surface area contributed by atoms with Crippen molar-refractivity contribution in [2.45, 2.75) is 26.9 Å². The molecule has 1 aromatic carbocycles. The zero-order chi connectivity index (χ0) is 20.7. The standard InChI is InChI=1S/C21H18BrN5O2/c1-4-5-10-26-17-18(24-20(26)22)25(3)21(29)27(19(17)28)12-16-15-9-7-6-8-14(15)11-13(2)23-16/h6-9,11H,10,12H2,1-3H3. The Morgan fingerprint density at radius 3 is 2.66 bits per heavy atom. The van der Waals surface area contributed by atoms with Crippen molar-refractivity contribution in [2.24, 2.45) is 7.05 Å². The fourth-order valence-electron chi connectivity index (χ4n) is 3.47. The number of fused-ring (bicyclic) bond motifs is 2. The average molecular weight is 452 g/mol. The van der Waals surface area contributed by atoms with Gasteiger partial charge in [-0.15, -0.1) is 5.92 Å². The van der Waals surface area contributed by atoms with Crippen molar-refractivity contribution in [1.29, 1.82) is 0 Å². The van der Waals surface area contributed by atoms with Gasteiger partial charge >= 0.3 is 5.69 Å². The van der Waals surface area contributed by atoms with E-state index < -0.39 is 11.2 Å². The average Bonchev–Trinajstić information content (AvgIpc) is 3.04. The molecule has 0 spiro atoms. The summed E-state index contributed by atoms with van der Waals surface area (Å²) in [6.45, 7) is 4.00. The smallest absolute Gasteiger partial charge is 0.301 e. The highest BCUT2D eigenvalue weighted by molar-refractivity contribution is 9.10. The van der Waals surface area contributed by atoms with Gasteiger partial charge in [0.15, 0.2) is 15.9 Å². The normalized spacial score (nSPS) is 11.0. The van der Waals surface area contributed by atoms with Gasteiger partial charge in [0.2, 0.25) is 0 Å². The van der Waals surface area contributed by atoms with E-state index >= 15 is 0 Å². The van der Waals surface area contributed by atoms with Crippen LogP contribution >= 0.6 is 15.9 Å². The third kappa shape index (κ3) is 3.17. The third-order valence-electron chi connectivity index (χ3n) is 4.86. The van der Waals surface area contributed by atoms with Crippen molar-refractivity contribution in [3.05, 3.63) is 67.3 Å². The summed E-state index contributed by atoms with van der Waals surface area (Å²) in [5, 5.41) is 1.94. The number of rotatable bonds is 3. The maximum atomic E-state index is 13.3. The molecule has 29 heavy (non-hydrogen) atoms. The zero-order valence-electron chi connectivity index (χ0n) is 16.2. The van der Waals surface area contributed by atoms with E-state index in [1.807, 2.05) is 37.3 Å². The van der Waals surface area contributed by atoms with Crippen LogP contribution in [0.3, 0.4) is 0 Å². The Morgan fingerprint density at radius 2 is 1.90 bits per heavy atom. The van der Waals surface area contributed by atoms with E-state index in [0.717, 1.165) is 16.5 Å². The topological polar surface area (TPSA) is 74.7 Å². The summed E-state index contributed by atoms with van der Waals surface area (Å²) >= 11 is 3.37. The maximum absolute atomic E-state index is 13.3. The fourth-order valence-corrected chi connectivity index (χ4v) is 3.94. The SMILES string of the molecule is CC#CCn1c(Br)nc2c1c(=O)n(Cc1nc(C)cc3ccccc13)c(=O)n2C. The van der Waals surface area contributed by atoms with Gasteiger partial charge in [-0.2, -0.15) is 0 Å². The minimum Gasteiger partial charge on any atom is -0.301 e. The van der Waals surface area contributed by atoms with Gasteiger partial charge in [-0.25, -0.2) is 9.78 Å². The number of halogens is 1. The van der Waals surface area contributed by atoms with Gasteiger partial charge in [0.05, 0.1) is 18.8 Å². The van der Waals surface area contributed by atoms with E-state index in [-0.39, 0.29) is 6.54 Å². The lowest BCUT2D eigenvalue weighted by atomic mass is 10.1. The minimum atomic E-state index is -0.436. The first-order valence-electron chi connectivity index (χ1n) is 9.02. The Labute approximate surface area is 174 Å². The highest BCUT2D eigenvalue weighted by Gasteiger charge is 2.20. The first-order valence-corrected chi connectivity index (χ1v) is 9.82. The number of nitrogens with zero attached hydrogens (tertiary/aromatic N) is 5. The first kappa shape index (κ1) is 19.2. The van der Waals surface area contributed by atoms with E-state index in [9.17, 15) is 9.59 Å². The van der Waals surface area contributed by atoms with Crippen LogP contribution in [0.5, 0.6) is 0 Å². The minimum absolute atomic E-state index is 0.0753. The van der Waals surface area contributed by atoms with Gasteiger partial charge in [-0.05, 0) is 41.2 Å². The Balaban J connectivity index is 1.99. The molecular weight excluding hydrogens is 434 g/mol. The van der Waals surface area contributed by atoms with Crippen molar-refractivity contribution in [1.82, 2.24) is 23.7 Å². The second kappa shape index (κ2) is 7.33. The van der Waals surface area contributed by atoms with E-state index in [0.29, 0.717) is 28.1 Å². The van der Waals surface area contributed by atoms with Crippen LogP contribution in [-0.4, -0.2) is 23.7 Å². The quantitative estimate of drug-likeness (QED) is 0.354. The fraction of sp³-hybridized carbons (Fsp3) is 0.238. The molecule has 146 valence electrons. The molecule has 4 rings (SSSR count). The molecule has 7 nitrogen and oxygen atoms in total. The number of pyridine rings is 1. The summed E-state index contributed by atoms with van der Waals surface area (Å²) in [5.74, 6) is 5.76. The molecule has 0 fully saturated rings. The highest BCUT2D eigenvalue weighted by Crippen LogP contribution is 2.19. The van der Waals surface area contributed by atoms with Crippen molar-refractivity contribution in [3.8, 4) is 11.8 Å². The maximum Gasteiger partial charge on any atom is 0.332 e. The van der Waals surface area contributed by atoms with E-state index in [4.69, 9.17) is 0 Å². The molecular formula is C21H18BrN5O2. The molecule has 0 aliphatic rings. The van der Waals surface area contributed by atoms with E-state index in [1.165, 1.54) is 9.13 Å². The summed E-state index contributed by atoms with van der Waals surface area (Å²) in [5.41, 5.74) is 1.32. The van der Waals surface area contributed by atoms with Crippen molar-refractivity contribution in [2.75, 3.05) is 0 Å². The monoisotopic (exact) mass is 451 g/mol. The molecule has 0 radical (unpaired) electrons. The van der Waals surface area contributed by atoms with Crippen LogP contribution < -0.4 is 11.2 Å². The van der Waals surface area contributed by atoms with Gasteiger partial charge in [-0.3, -0.25) is 18.9 Å². The summed E-state index contributed by atoms with van der Waals surface area (Å²) in [4.78, 5) is 35.2. The van der Waals surface area contributed by atoms with Crippen molar-refractivity contribution >= 4 is 37.9 Å². The molecule has 8 heteroatoms. The van der Waals surface area contributed by atoms with Gasteiger partial charge in [0, 0.05) is 18.1 Å². The number of hydrogen-bond acceptors (Lipinski definition) is 4. The molecule has 0 saturated carbocycles. The predicted octanol–water partition coefficient (Wildman–Crippen LogP) is 2.59. The first-order chi connectivity index (χ1) is 13.9. The lowest BCUT2D eigenvalue weighted by Gasteiger charge is -2.11. The summed E-state index contributed by atoms with van der Waals surface area (Å²) in [7, 11) is 1.61.